The summed E-state index contributed by atoms with van der Waals surface area (Å²) in [4.78, 5) is 18.7. The van der Waals surface area contributed by atoms with Gasteiger partial charge in [-0.2, -0.15) is 0 Å². The normalized spacial score (nSPS) is 22.7. The van der Waals surface area contributed by atoms with Crippen LogP contribution in [-0.2, 0) is 16.0 Å². The zero-order valence-corrected chi connectivity index (χ0v) is 12.7. The van der Waals surface area contributed by atoms with Crippen molar-refractivity contribution in [1.29, 1.82) is 0 Å². The van der Waals surface area contributed by atoms with Crippen molar-refractivity contribution >= 4 is 17.4 Å². The highest BCUT2D eigenvalue weighted by Gasteiger charge is 2.52. The molecule has 1 saturated carbocycles. The van der Waals surface area contributed by atoms with Gasteiger partial charge in [-0.1, -0.05) is 0 Å². The predicted octanol–water partition coefficient (Wildman–Crippen LogP) is 1.40. The molecule has 1 aliphatic carbocycles. The van der Waals surface area contributed by atoms with Gasteiger partial charge in [0.05, 0.1) is 31.1 Å². The summed E-state index contributed by atoms with van der Waals surface area (Å²) in [6.07, 6.45) is 6.12. The van der Waals surface area contributed by atoms with Crippen molar-refractivity contribution in [1.82, 2.24) is 9.38 Å². The number of rotatable bonds is 3. The molecular formula is C16H18N4O3. The van der Waals surface area contributed by atoms with Gasteiger partial charge in [0.25, 0.3) is 0 Å². The Balaban J connectivity index is 1.63. The van der Waals surface area contributed by atoms with Crippen LogP contribution < -0.4 is 10.6 Å². The van der Waals surface area contributed by atoms with E-state index in [-0.39, 0.29) is 6.09 Å². The molecule has 5 rings (SSSR count). The lowest BCUT2D eigenvalue weighted by Crippen LogP contribution is -2.52. The van der Waals surface area contributed by atoms with Crippen LogP contribution in [0.15, 0.2) is 18.5 Å². The molecule has 7 heteroatoms. The van der Waals surface area contributed by atoms with E-state index in [1.807, 2.05) is 10.6 Å². The van der Waals surface area contributed by atoms with Crippen molar-refractivity contribution in [2.24, 2.45) is 5.73 Å². The molecule has 4 heterocycles. The van der Waals surface area contributed by atoms with Crippen molar-refractivity contribution in [3.63, 3.8) is 0 Å². The molecule has 2 saturated heterocycles. The Bertz CT molecular complexity index is 807. The van der Waals surface area contributed by atoms with E-state index < -0.39 is 5.60 Å². The third-order valence-electron chi connectivity index (χ3n) is 4.85. The highest BCUT2D eigenvalue weighted by atomic mass is 16.6. The molecule has 120 valence electrons. The molecule has 2 aromatic heterocycles. The Hall–Kier alpha value is -2.12. The monoisotopic (exact) mass is 314 g/mol. The SMILES string of the molecule is NCc1cn2cc(C3CC3)cc(N3CC4(COC4)OC3=O)c2n1. The fraction of sp³-hybridized carbons (Fsp3) is 0.500. The van der Waals surface area contributed by atoms with E-state index in [0.29, 0.717) is 32.2 Å². The molecule has 0 atom stereocenters. The number of nitrogens with zero attached hydrogens (tertiary/aromatic N) is 3. The predicted molar refractivity (Wildman–Crippen MR) is 82.4 cm³/mol. The zero-order valence-electron chi connectivity index (χ0n) is 12.7. The summed E-state index contributed by atoms with van der Waals surface area (Å²) in [7, 11) is 0. The number of ether oxygens (including phenoxy) is 2. The van der Waals surface area contributed by atoms with E-state index in [0.717, 1.165) is 17.0 Å². The number of anilines is 1. The summed E-state index contributed by atoms with van der Waals surface area (Å²) in [6, 6.07) is 2.08. The van der Waals surface area contributed by atoms with E-state index in [1.54, 1.807) is 4.90 Å². The van der Waals surface area contributed by atoms with Crippen LogP contribution in [-0.4, -0.2) is 40.8 Å². The minimum absolute atomic E-state index is 0.319. The third-order valence-corrected chi connectivity index (χ3v) is 4.85. The maximum absolute atomic E-state index is 12.4. The maximum Gasteiger partial charge on any atom is 0.415 e. The number of carbonyl (C=O) groups excluding carboxylic acids is 1. The minimum Gasteiger partial charge on any atom is -0.436 e. The summed E-state index contributed by atoms with van der Waals surface area (Å²) in [5.41, 5.74) is 8.87. The Morgan fingerprint density at radius 2 is 2.17 bits per heavy atom. The lowest BCUT2D eigenvalue weighted by atomic mass is 10.0. The van der Waals surface area contributed by atoms with Gasteiger partial charge in [0, 0.05) is 18.9 Å². The molecule has 3 fully saturated rings. The van der Waals surface area contributed by atoms with Crippen molar-refractivity contribution in [2.45, 2.75) is 30.9 Å². The Kier molecular flexibility index (Phi) is 2.58. The topological polar surface area (TPSA) is 82.1 Å². The van der Waals surface area contributed by atoms with Gasteiger partial charge < -0.3 is 19.6 Å². The van der Waals surface area contributed by atoms with E-state index in [9.17, 15) is 4.79 Å². The largest absolute Gasteiger partial charge is 0.436 e. The highest BCUT2D eigenvalue weighted by Crippen LogP contribution is 2.43. The zero-order chi connectivity index (χ0) is 15.6. The van der Waals surface area contributed by atoms with Crippen molar-refractivity contribution in [3.8, 4) is 0 Å². The highest BCUT2D eigenvalue weighted by molar-refractivity contribution is 5.95. The smallest absolute Gasteiger partial charge is 0.415 e. The number of carbonyl (C=O) groups is 1. The van der Waals surface area contributed by atoms with Gasteiger partial charge in [0.2, 0.25) is 0 Å². The number of amides is 1. The molecule has 2 aliphatic heterocycles. The van der Waals surface area contributed by atoms with E-state index in [2.05, 4.69) is 17.2 Å². The molecule has 23 heavy (non-hydrogen) atoms. The first-order valence-corrected chi connectivity index (χ1v) is 7.97. The second-order valence-corrected chi connectivity index (χ2v) is 6.73. The van der Waals surface area contributed by atoms with Crippen LogP contribution in [0, 0.1) is 0 Å². The van der Waals surface area contributed by atoms with Gasteiger partial charge in [-0.25, -0.2) is 9.78 Å². The molecule has 0 aromatic carbocycles. The summed E-state index contributed by atoms with van der Waals surface area (Å²) in [5.74, 6) is 0.585. The van der Waals surface area contributed by atoms with Gasteiger partial charge in [-0.05, 0) is 30.4 Å². The quantitative estimate of drug-likeness (QED) is 0.926. The molecule has 0 bridgehead atoms. The van der Waals surface area contributed by atoms with Crippen LogP contribution in [0.5, 0.6) is 0 Å². The first kappa shape index (κ1) is 13.3. The first-order valence-electron chi connectivity index (χ1n) is 7.97. The molecule has 0 radical (unpaired) electrons. The molecule has 3 aliphatic rings. The fourth-order valence-corrected chi connectivity index (χ4v) is 3.38. The lowest BCUT2D eigenvalue weighted by molar-refractivity contribution is -0.155. The van der Waals surface area contributed by atoms with Crippen LogP contribution >= 0.6 is 0 Å². The number of pyridine rings is 1. The Morgan fingerprint density at radius 1 is 1.35 bits per heavy atom. The van der Waals surface area contributed by atoms with Gasteiger partial charge in [-0.3, -0.25) is 4.90 Å². The maximum atomic E-state index is 12.4. The number of hydrogen-bond donors (Lipinski definition) is 1. The van der Waals surface area contributed by atoms with Gasteiger partial charge >= 0.3 is 6.09 Å². The van der Waals surface area contributed by atoms with Gasteiger partial charge in [-0.15, -0.1) is 0 Å². The van der Waals surface area contributed by atoms with Crippen LogP contribution in [0.1, 0.15) is 30.0 Å². The average molecular weight is 314 g/mol. The summed E-state index contributed by atoms with van der Waals surface area (Å²) < 4.78 is 12.8. The summed E-state index contributed by atoms with van der Waals surface area (Å²) in [5, 5.41) is 0. The van der Waals surface area contributed by atoms with Gasteiger partial charge in [0.1, 0.15) is 0 Å². The second kappa shape index (κ2) is 4.46. The Labute approximate surface area is 133 Å². The molecule has 1 spiro atoms. The summed E-state index contributed by atoms with van der Waals surface area (Å²) >= 11 is 0. The molecule has 0 unspecified atom stereocenters. The van der Waals surface area contributed by atoms with Crippen LogP contribution in [0.2, 0.25) is 0 Å². The van der Waals surface area contributed by atoms with Crippen LogP contribution in [0.4, 0.5) is 10.5 Å². The van der Waals surface area contributed by atoms with Gasteiger partial charge in [0.15, 0.2) is 11.2 Å². The number of aromatic nitrogens is 2. The molecular weight excluding hydrogens is 296 g/mol. The van der Waals surface area contributed by atoms with Crippen LogP contribution in [0.25, 0.3) is 5.65 Å². The minimum atomic E-state index is -0.479. The average Bonchev–Trinajstić information content (AvgIpc) is 3.17. The van der Waals surface area contributed by atoms with Crippen molar-refractivity contribution in [3.05, 3.63) is 29.7 Å². The van der Waals surface area contributed by atoms with Crippen molar-refractivity contribution < 1.29 is 14.3 Å². The molecule has 1 amide bonds. The summed E-state index contributed by atoms with van der Waals surface area (Å²) in [6.45, 7) is 1.83. The van der Waals surface area contributed by atoms with Crippen LogP contribution in [0.3, 0.4) is 0 Å². The molecule has 2 N–H and O–H groups in total. The Morgan fingerprint density at radius 3 is 2.78 bits per heavy atom. The van der Waals surface area contributed by atoms with E-state index in [4.69, 9.17) is 15.2 Å². The number of imidazole rings is 1. The second-order valence-electron chi connectivity index (χ2n) is 6.73. The van der Waals surface area contributed by atoms with Crippen molar-refractivity contribution in [2.75, 3.05) is 24.7 Å². The number of hydrogen-bond acceptors (Lipinski definition) is 5. The lowest BCUT2D eigenvalue weighted by Gasteiger charge is -2.34. The van der Waals surface area contributed by atoms with E-state index in [1.165, 1.54) is 18.4 Å². The third kappa shape index (κ3) is 1.96. The fourth-order valence-electron chi connectivity index (χ4n) is 3.38. The molecule has 2 aromatic rings. The first-order chi connectivity index (χ1) is 11.2. The standard InChI is InChI=1S/C16H18N4O3/c17-4-12-6-19-5-11(10-1-2-10)3-13(14(19)18-12)20-7-16(8-22-9-16)23-15(20)21/h3,5-6,10H,1-2,4,7-9,17H2. The number of nitrogens with two attached hydrogens (primary N) is 1. The number of fused-ring (bicyclic) bond motifs is 1. The molecule has 7 nitrogen and oxygen atoms in total. The van der Waals surface area contributed by atoms with E-state index >= 15 is 0 Å².